The molecule has 0 saturated carbocycles. The summed E-state index contributed by atoms with van der Waals surface area (Å²) < 4.78 is 57.5. The third kappa shape index (κ3) is 3.99. The van der Waals surface area contributed by atoms with E-state index in [2.05, 4.69) is 9.37 Å². The normalized spacial score (nSPS) is 12.0. The molecule has 1 aromatic carbocycles. The Bertz CT molecular complexity index is 448. The van der Waals surface area contributed by atoms with E-state index in [0.717, 1.165) is 0 Å². The molecule has 9 heteroatoms. The summed E-state index contributed by atoms with van der Waals surface area (Å²) >= 11 is 0.397. The van der Waals surface area contributed by atoms with Gasteiger partial charge in [0.2, 0.25) is 0 Å². The summed E-state index contributed by atoms with van der Waals surface area (Å²) in [5, 5.41) is 12.4. The van der Waals surface area contributed by atoms with Crippen LogP contribution in [0.5, 0.6) is 0 Å². The van der Waals surface area contributed by atoms with Crippen molar-refractivity contribution in [1.29, 1.82) is 0 Å². The zero-order chi connectivity index (χ0) is 14.8. The second-order valence-corrected chi connectivity index (χ2v) is 6.90. The molecule has 0 amide bonds. The zero-order valence-corrected chi connectivity index (χ0v) is 11.7. The fourth-order valence-electron chi connectivity index (χ4n) is 1.11. The van der Waals surface area contributed by atoms with E-state index in [1.54, 1.807) is 20.8 Å². The molecule has 0 bridgehead atoms. The number of thioether (sulfide) groups is 1. The highest BCUT2D eigenvalue weighted by molar-refractivity contribution is 8.00. The van der Waals surface area contributed by atoms with Gasteiger partial charge in [-0.2, -0.15) is 4.33 Å². The molecule has 0 N–H and O–H groups in total. The van der Waals surface area contributed by atoms with Crippen molar-refractivity contribution in [2.24, 2.45) is 0 Å². The first-order chi connectivity index (χ1) is 8.69. The van der Waals surface area contributed by atoms with Crippen LogP contribution in [-0.4, -0.2) is 4.75 Å². The Morgan fingerprint density at radius 3 is 1.68 bits per heavy atom. The molecule has 1 aromatic rings. The first-order valence-corrected chi connectivity index (χ1v) is 6.43. The SMILES string of the molecule is CC(C)(C)Sc1c(F)c(F)c(SOO[O-])c(F)c1F. The fourth-order valence-corrected chi connectivity index (χ4v) is 2.50. The molecule has 0 unspecified atom stereocenters. The van der Waals surface area contributed by atoms with Gasteiger partial charge in [-0.3, -0.25) is 5.04 Å². The fraction of sp³-hybridized carbons (Fsp3) is 0.400. The summed E-state index contributed by atoms with van der Waals surface area (Å²) in [5.74, 6) is -6.38. The molecule has 0 aliphatic heterocycles. The molecule has 0 aromatic heterocycles. The highest BCUT2D eigenvalue weighted by Gasteiger charge is 2.29. The number of hydrogen-bond acceptors (Lipinski definition) is 5. The van der Waals surface area contributed by atoms with Crippen molar-refractivity contribution < 1.29 is 32.2 Å². The van der Waals surface area contributed by atoms with Gasteiger partial charge in [-0.15, -0.1) is 11.8 Å². The number of rotatable bonds is 4. The van der Waals surface area contributed by atoms with E-state index in [9.17, 15) is 22.8 Å². The van der Waals surface area contributed by atoms with E-state index in [1.807, 2.05) is 0 Å². The standard InChI is InChI=1S/C10H10F4O3S2/c1-10(2,3)18-8-4(11)6(13)9(19-17-16-15)7(14)5(8)12/h15H,1-3H3/p-1. The molecular formula is C10H9F4O3S2-. The van der Waals surface area contributed by atoms with Crippen molar-refractivity contribution in [3.8, 4) is 0 Å². The van der Waals surface area contributed by atoms with Crippen LogP contribution in [0.25, 0.3) is 0 Å². The Morgan fingerprint density at radius 2 is 1.32 bits per heavy atom. The first-order valence-electron chi connectivity index (χ1n) is 4.87. The Labute approximate surface area is 115 Å². The summed E-state index contributed by atoms with van der Waals surface area (Å²) in [4.78, 5) is -1.89. The van der Waals surface area contributed by atoms with Crippen molar-refractivity contribution in [1.82, 2.24) is 0 Å². The molecule has 0 spiro atoms. The predicted octanol–water partition coefficient (Wildman–Crippen LogP) is 3.36. The van der Waals surface area contributed by atoms with Gasteiger partial charge in [0.1, 0.15) is 4.90 Å². The van der Waals surface area contributed by atoms with Crippen LogP contribution in [0.15, 0.2) is 9.79 Å². The van der Waals surface area contributed by atoms with Gasteiger partial charge in [0, 0.05) is 4.75 Å². The minimum atomic E-state index is -1.65. The van der Waals surface area contributed by atoms with E-state index >= 15 is 0 Å². The third-order valence-corrected chi connectivity index (χ3v) is 3.56. The highest BCUT2D eigenvalue weighted by atomic mass is 32.2. The van der Waals surface area contributed by atoms with Crippen molar-refractivity contribution in [2.75, 3.05) is 0 Å². The molecule has 0 aliphatic rings. The van der Waals surface area contributed by atoms with Crippen molar-refractivity contribution in [3.63, 3.8) is 0 Å². The summed E-state index contributed by atoms with van der Waals surface area (Å²) in [6.45, 7) is 4.89. The molecule has 3 nitrogen and oxygen atoms in total. The second kappa shape index (κ2) is 6.31. The van der Waals surface area contributed by atoms with Gasteiger partial charge in [0.25, 0.3) is 0 Å². The average Bonchev–Trinajstić information content (AvgIpc) is 2.31. The minimum absolute atomic E-state index is 0.245. The number of benzene rings is 1. The van der Waals surface area contributed by atoms with Crippen LogP contribution < -0.4 is 5.26 Å². The number of hydrogen-bond donors (Lipinski definition) is 0. The summed E-state index contributed by atoms with van der Waals surface area (Å²) in [5.41, 5.74) is 0. The zero-order valence-electron chi connectivity index (χ0n) is 10.1. The lowest BCUT2D eigenvalue weighted by molar-refractivity contribution is -0.777. The highest BCUT2D eigenvalue weighted by Crippen LogP contribution is 2.40. The summed E-state index contributed by atoms with van der Waals surface area (Å²) in [7, 11) is 0. The molecule has 0 heterocycles. The Balaban J connectivity index is 3.30. The summed E-state index contributed by atoms with van der Waals surface area (Å²) in [6, 6.07) is 0. The van der Waals surface area contributed by atoms with Crippen molar-refractivity contribution >= 4 is 23.8 Å². The van der Waals surface area contributed by atoms with Crippen LogP contribution in [0, 0.1) is 23.3 Å². The van der Waals surface area contributed by atoms with Gasteiger partial charge in [0.15, 0.2) is 23.3 Å². The molecule has 108 valence electrons. The molecule has 19 heavy (non-hydrogen) atoms. The second-order valence-electron chi connectivity index (χ2n) is 4.35. The average molecular weight is 317 g/mol. The topological polar surface area (TPSA) is 41.5 Å². The van der Waals surface area contributed by atoms with Crippen molar-refractivity contribution in [3.05, 3.63) is 23.3 Å². The van der Waals surface area contributed by atoms with Gasteiger partial charge in [-0.25, -0.2) is 17.6 Å². The lowest BCUT2D eigenvalue weighted by Crippen LogP contribution is -2.11. The molecule has 0 saturated heterocycles. The van der Waals surface area contributed by atoms with E-state index < -0.39 is 37.8 Å². The van der Waals surface area contributed by atoms with Crippen LogP contribution in [0.4, 0.5) is 17.6 Å². The molecule has 0 fully saturated rings. The molecule has 0 aliphatic carbocycles. The summed E-state index contributed by atoms with van der Waals surface area (Å²) in [6.07, 6.45) is 0. The maximum absolute atomic E-state index is 13.7. The maximum Gasteiger partial charge on any atom is 0.179 e. The first kappa shape index (κ1) is 16.6. The van der Waals surface area contributed by atoms with E-state index in [0.29, 0.717) is 11.8 Å². The van der Waals surface area contributed by atoms with Crippen LogP contribution in [0.3, 0.4) is 0 Å². The minimum Gasteiger partial charge on any atom is -0.691 e. The third-order valence-electron chi connectivity index (χ3n) is 1.74. The van der Waals surface area contributed by atoms with E-state index in [1.165, 1.54) is 0 Å². The van der Waals surface area contributed by atoms with Gasteiger partial charge in [0.05, 0.1) is 16.9 Å². The predicted molar refractivity (Wildman–Crippen MR) is 59.9 cm³/mol. The molecule has 1 rings (SSSR count). The smallest absolute Gasteiger partial charge is 0.179 e. The quantitative estimate of drug-likeness (QED) is 0.213. The van der Waals surface area contributed by atoms with Gasteiger partial charge in [-0.1, -0.05) is 20.8 Å². The molecule has 0 radical (unpaired) electrons. The van der Waals surface area contributed by atoms with Crippen LogP contribution >= 0.6 is 23.8 Å². The molecule has 0 atom stereocenters. The maximum atomic E-state index is 13.7. The number of halogens is 4. The Hall–Kier alpha value is -0.480. The Morgan fingerprint density at radius 1 is 0.895 bits per heavy atom. The van der Waals surface area contributed by atoms with Gasteiger partial charge in [-0.05, 0) is 0 Å². The van der Waals surface area contributed by atoms with Crippen LogP contribution in [0.2, 0.25) is 0 Å². The monoisotopic (exact) mass is 317 g/mol. The van der Waals surface area contributed by atoms with Crippen molar-refractivity contribution in [2.45, 2.75) is 35.3 Å². The van der Waals surface area contributed by atoms with E-state index in [4.69, 9.17) is 0 Å². The van der Waals surface area contributed by atoms with Gasteiger partial charge < -0.3 is 5.26 Å². The largest absolute Gasteiger partial charge is 0.691 e. The lowest BCUT2D eigenvalue weighted by Gasteiger charge is -2.19. The molecular weight excluding hydrogens is 308 g/mol. The van der Waals surface area contributed by atoms with Gasteiger partial charge >= 0.3 is 0 Å². The lowest BCUT2D eigenvalue weighted by atomic mass is 10.3. The van der Waals surface area contributed by atoms with Crippen LogP contribution in [0.1, 0.15) is 20.8 Å². The van der Waals surface area contributed by atoms with E-state index in [-0.39, 0.29) is 12.0 Å². The van der Waals surface area contributed by atoms with Crippen LogP contribution in [-0.2, 0) is 9.37 Å². The Kier molecular flexibility index (Phi) is 5.51.